The van der Waals surface area contributed by atoms with Gasteiger partial charge in [-0.25, -0.2) is 0 Å². The lowest BCUT2D eigenvalue weighted by atomic mass is 10.2. The van der Waals surface area contributed by atoms with Crippen LogP contribution in [0.15, 0.2) is 24.3 Å². The van der Waals surface area contributed by atoms with Gasteiger partial charge in [0, 0.05) is 7.11 Å². The molecule has 0 heterocycles. The predicted molar refractivity (Wildman–Crippen MR) is 56.4 cm³/mol. The number of nitrogens with two attached hydrogens (primary N) is 1. The molecule has 1 rings (SSSR count). The van der Waals surface area contributed by atoms with Gasteiger partial charge in [0.25, 0.3) is 5.91 Å². The van der Waals surface area contributed by atoms with Crippen molar-refractivity contribution in [2.75, 3.05) is 7.11 Å². The van der Waals surface area contributed by atoms with Crippen LogP contribution in [0, 0.1) is 0 Å². The van der Waals surface area contributed by atoms with Crippen molar-refractivity contribution >= 4 is 5.91 Å². The van der Waals surface area contributed by atoms with E-state index in [2.05, 4.69) is 0 Å². The highest BCUT2D eigenvalue weighted by Gasteiger charge is 2.09. The summed E-state index contributed by atoms with van der Waals surface area (Å²) in [6.45, 7) is 2.13. The maximum Gasteiger partial charge on any atom is 0.258 e. The summed E-state index contributed by atoms with van der Waals surface area (Å²) in [5.41, 5.74) is 6.08. The molecule has 82 valence electrons. The Labute approximate surface area is 89.0 Å². The summed E-state index contributed by atoms with van der Waals surface area (Å²) in [6.07, 6.45) is -0.622. The van der Waals surface area contributed by atoms with Crippen LogP contribution in [0.1, 0.15) is 12.5 Å². The number of carbonyl (C=O) groups excluding carboxylic acids is 1. The quantitative estimate of drug-likeness (QED) is 0.789. The van der Waals surface area contributed by atoms with Gasteiger partial charge in [0.15, 0.2) is 6.10 Å². The zero-order valence-electron chi connectivity index (χ0n) is 8.90. The third-order valence-electron chi connectivity index (χ3n) is 1.92. The zero-order chi connectivity index (χ0) is 11.3. The van der Waals surface area contributed by atoms with Crippen LogP contribution >= 0.6 is 0 Å². The average Bonchev–Trinajstić information content (AvgIpc) is 2.18. The lowest BCUT2D eigenvalue weighted by Gasteiger charge is -2.11. The molecule has 4 heteroatoms. The molecule has 0 aromatic heterocycles. The van der Waals surface area contributed by atoms with Crippen LogP contribution < -0.4 is 10.5 Å². The van der Waals surface area contributed by atoms with Gasteiger partial charge in [-0.2, -0.15) is 0 Å². The Morgan fingerprint density at radius 1 is 1.53 bits per heavy atom. The van der Waals surface area contributed by atoms with Crippen LogP contribution in [-0.4, -0.2) is 19.1 Å². The fraction of sp³-hybridized carbons (Fsp3) is 0.364. The monoisotopic (exact) mass is 209 g/mol. The largest absolute Gasteiger partial charge is 0.481 e. The first-order valence-electron chi connectivity index (χ1n) is 4.67. The van der Waals surface area contributed by atoms with Crippen molar-refractivity contribution in [2.45, 2.75) is 19.6 Å². The molecule has 0 aliphatic carbocycles. The van der Waals surface area contributed by atoms with E-state index >= 15 is 0 Å². The van der Waals surface area contributed by atoms with Crippen LogP contribution in [0.2, 0.25) is 0 Å². The minimum absolute atomic E-state index is 0.479. The summed E-state index contributed by atoms with van der Waals surface area (Å²) < 4.78 is 10.3. The normalized spacial score (nSPS) is 12.1. The molecule has 1 amide bonds. The fourth-order valence-electron chi connectivity index (χ4n) is 1.14. The molecule has 0 saturated heterocycles. The molecule has 0 bridgehead atoms. The Morgan fingerprint density at radius 3 is 2.87 bits per heavy atom. The number of carbonyl (C=O) groups is 1. The molecular formula is C11H15NO3. The summed E-state index contributed by atoms with van der Waals surface area (Å²) in [6, 6.07) is 7.37. The summed E-state index contributed by atoms with van der Waals surface area (Å²) in [5.74, 6) is 0.142. The van der Waals surface area contributed by atoms with E-state index in [1.54, 1.807) is 20.1 Å². The highest BCUT2D eigenvalue weighted by atomic mass is 16.5. The van der Waals surface area contributed by atoms with Crippen molar-refractivity contribution in [1.82, 2.24) is 0 Å². The molecule has 0 aliphatic heterocycles. The summed E-state index contributed by atoms with van der Waals surface area (Å²) in [4.78, 5) is 10.8. The first-order valence-corrected chi connectivity index (χ1v) is 4.67. The van der Waals surface area contributed by atoms with Gasteiger partial charge in [0.1, 0.15) is 5.75 Å². The molecule has 0 radical (unpaired) electrons. The van der Waals surface area contributed by atoms with E-state index < -0.39 is 12.0 Å². The minimum Gasteiger partial charge on any atom is -0.481 e. The van der Waals surface area contributed by atoms with Gasteiger partial charge in [-0.05, 0) is 24.6 Å². The second kappa shape index (κ2) is 5.36. The van der Waals surface area contributed by atoms with E-state index in [4.69, 9.17) is 15.2 Å². The molecule has 15 heavy (non-hydrogen) atoms. The molecule has 1 unspecified atom stereocenters. The molecule has 4 nitrogen and oxygen atoms in total. The van der Waals surface area contributed by atoms with Crippen LogP contribution in [-0.2, 0) is 16.1 Å². The van der Waals surface area contributed by atoms with Gasteiger partial charge in [-0.15, -0.1) is 0 Å². The molecule has 1 aromatic carbocycles. The Kier molecular flexibility index (Phi) is 4.12. The van der Waals surface area contributed by atoms with Crippen molar-refractivity contribution in [2.24, 2.45) is 5.73 Å². The van der Waals surface area contributed by atoms with Crippen molar-refractivity contribution in [1.29, 1.82) is 0 Å². The number of hydrogen-bond acceptors (Lipinski definition) is 3. The van der Waals surface area contributed by atoms with E-state index in [1.807, 2.05) is 18.2 Å². The Hall–Kier alpha value is -1.55. The maximum atomic E-state index is 10.8. The standard InChI is InChI=1S/C11H15NO3/c1-8(11(12)13)15-10-5-3-4-9(6-10)7-14-2/h3-6,8H,7H2,1-2H3,(H2,12,13). The van der Waals surface area contributed by atoms with Gasteiger partial charge >= 0.3 is 0 Å². The van der Waals surface area contributed by atoms with E-state index in [1.165, 1.54) is 0 Å². The lowest BCUT2D eigenvalue weighted by Crippen LogP contribution is -2.30. The SMILES string of the molecule is COCc1cccc(OC(C)C(N)=O)c1. The Morgan fingerprint density at radius 2 is 2.27 bits per heavy atom. The molecular weight excluding hydrogens is 194 g/mol. The smallest absolute Gasteiger partial charge is 0.258 e. The van der Waals surface area contributed by atoms with Crippen LogP contribution in [0.3, 0.4) is 0 Å². The Bertz CT molecular complexity index is 338. The van der Waals surface area contributed by atoms with Crippen molar-refractivity contribution in [3.63, 3.8) is 0 Å². The number of ether oxygens (including phenoxy) is 2. The van der Waals surface area contributed by atoms with E-state index in [9.17, 15) is 4.79 Å². The van der Waals surface area contributed by atoms with Crippen LogP contribution in [0.25, 0.3) is 0 Å². The molecule has 0 fully saturated rings. The number of rotatable bonds is 5. The van der Waals surface area contributed by atoms with Gasteiger partial charge < -0.3 is 15.2 Å². The number of primary amides is 1. The number of amides is 1. The predicted octanol–water partition coefficient (Wildman–Crippen LogP) is 1.09. The molecule has 0 spiro atoms. The van der Waals surface area contributed by atoms with Gasteiger partial charge in [-0.1, -0.05) is 12.1 Å². The number of benzene rings is 1. The van der Waals surface area contributed by atoms with Gasteiger partial charge in [0.2, 0.25) is 0 Å². The van der Waals surface area contributed by atoms with Gasteiger partial charge in [-0.3, -0.25) is 4.79 Å². The minimum atomic E-state index is -0.622. The summed E-state index contributed by atoms with van der Waals surface area (Å²) >= 11 is 0. The second-order valence-corrected chi connectivity index (χ2v) is 3.24. The highest BCUT2D eigenvalue weighted by molar-refractivity contribution is 5.78. The van der Waals surface area contributed by atoms with Crippen LogP contribution in [0.5, 0.6) is 5.75 Å². The zero-order valence-corrected chi connectivity index (χ0v) is 8.90. The number of methoxy groups -OCH3 is 1. The number of hydrogen-bond donors (Lipinski definition) is 1. The van der Waals surface area contributed by atoms with Crippen molar-refractivity contribution in [3.05, 3.63) is 29.8 Å². The molecule has 2 N–H and O–H groups in total. The maximum absolute atomic E-state index is 10.8. The molecule has 1 aromatic rings. The van der Waals surface area contributed by atoms with E-state index in [0.29, 0.717) is 12.4 Å². The van der Waals surface area contributed by atoms with Gasteiger partial charge in [0.05, 0.1) is 6.61 Å². The average molecular weight is 209 g/mol. The fourth-order valence-corrected chi connectivity index (χ4v) is 1.14. The third kappa shape index (κ3) is 3.59. The first kappa shape index (κ1) is 11.5. The van der Waals surface area contributed by atoms with Crippen molar-refractivity contribution in [3.8, 4) is 5.75 Å². The summed E-state index contributed by atoms with van der Waals surface area (Å²) in [7, 11) is 1.62. The topological polar surface area (TPSA) is 61.6 Å². The molecule has 0 saturated carbocycles. The second-order valence-electron chi connectivity index (χ2n) is 3.24. The first-order chi connectivity index (χ1) is 7.13. The third-order valence-corrected chi connectivity index (χ3v) is 1.92. The lowest BCUT2D eigenvalue weighted by molar-refractivity contribution is -0.123. The van der Waals surface area contributed by atoms with E-state index in [-0.39, 0.29) is 0 Å². The Balaban J connectivity index is 2.68. The van der Waals surface area contributed by atoms with Crippen molar-refractivity contribution < 1.29 is 14.3 Å². The van der Waals surface area contributed by atoms with E-state index in [0.717, 1.165) is 5.56 Å². The summed E-state index contributed by atoms with van der Waals surface area (Å²) in [5, 5.41) is 0. The molecule has 1 atom stereocenters. The molecule has 0 aliphatic rings. The van der Waals surface area contributed by atoms with Crippen LogP contribution in [0.4, 0.5) is 0 Å². The highest BCUT2D eigenvalue weighted by Crippen LogP contribution is 2.15.